The van der Waals surface area contributed by atoms with Gasteiger partial charge in [-0.15, -0.1) is 10.2 Å². The maximum atomic E-state index is 6.54. The van der Waals surface area contributed by atoms with Gasteiger partial charge in [0.1, 0.15) is 5.52 Å². The van der Waals surface area contributed by atoms with E-state index in [2.05, 4.69) is 41.1 Å². The number of fused-ring (bicyclic) bond motifs is 1. The van der Waals surface area contributed by atoms with E-state index in [9.17, 15) is 0 Å². The van der Waals surface area contributed by atoms with Crippen molar-refractivity contribution in [2.45, 2.75) is 0 Å². The zero-order chi connectivity index (χ0) is 19.0. The van der Waals surface area contributed by atoms with Crippen molar-refractivity contribution >= 4 is 38.6 Å². The third-order valence-electron chi connectivity index (χ3n) is 3.85. The standard InChI is InChI=1S/C17H12BrClN6O2/c1-26-15-16(27-2)22-12-11(21-15)6-5-10(19)13(12)25-14(23-24-17(25)18)9-4-3-7-20-8-9/h3-8H,1-2H3. The minimum Gasteiger partial charge on any atom is -0.477 e. The zero-order valence-electron chi connectivity index (χ0n) is 14.2. The van der Waals surface area contributed by atoms with Gasteiger partial charge in [0.05, 0.1) is 30.4 Å². The molecule has 0 N–H and O–H groups in total. The molecule has 136 valence electrons. The first-order chi connectivity index (χ1) is 13.1. The second kappa shape index (κ2) is 7.09. The number of pyridine rings is 1. The average molecular weight is 448 g/mol. The van der Waals surface area contributed by atoms with Gasteiger partial charge in [0.15, 0.2) is 5.82 Å². The lowest BCUT2D eigenvalue weighted by atomic mass is 10.2. The molecule has 27 heavy (non-hydrogen) atoms. The molecule has 0 bridgehead atoms. The van der Waals surface area contributed by atoms with Gasteiger partial charge < -0.3 is 9.47 Å². The Bertz CT molecular complexity index is 1140. The number of aromatic nitrogens is 6. The molecule has 0 saturated heterocycles. The minimum absolute atomic E-state index is 0.251. The maximum Gasteiger partial charge on any atom is 0.278 e. The molecule has 4 rings (SSSR count). The van der Waals surface area contributed by atoms with E-state index in [0.717, 1.165) is 5.56 Å². The molecule has 0 radical (unpaired) electrons. The first-order valence-corrected chi connectivity index (χ1v) is 8.91. The highest BCUT2D eigenvalue weighted by molar-refractivity contribution is 9.10. The number of ether oxygens (including phenoxy) is 2. The van der Waals surface area contributed by atoms with E-state index in [-0.39, 0.29) is 11.8 Å². The van der Waals surface area contributed by atoms with Gasteiger partial charge in [0.25, 0.3) is 11.8 Å². The van der Waals surface area contributed by atoms with Gasteiger partial charge in [-0.25, -0.2) is 9.97 Å². The van der Waals surface area contributed by atoms with Crippen LogP contribution in [0.2, 0.25) is 5.02 Å². The molecule has 4 aromatic rings. The monoisotopic (exact) mass is 446 g/mol. The SMILES string of the molecule is COc1nc2ccc(Cl)c(-n3c(Br)nnc3-c3cccnc3)c2nc1OC. The average Bonchev–Trinajstić information content (AvgIpc) is 3.08. The Morgan fingerprint density at radius 3 is 2.52 bits per heavy atom. The van der Waals surface area contributed by atoms with E-state index in [1.807, 2.05) is 12.1 Å². The minimum atomic E-state index is 0.251. The Morgan fingerprint density at radius 2 is 1.81 bits per heavy atom. The molecule has 0 unspecified atom stereocenters. The third-order valence-corrected chi connectivity index (χ3v) is 4.67. The van der Waals surface area contributed by atoms with Crippen molar-refractivity contribution in [3.05, 3.63) is 46.4 Å². The van der Waals surface area contributed by atoms with E-state index < -0.39 is 0 Å². The summed E-state index contributed by atoms with van der Waals surface area (Å²) in [5.74, 6) is 1.09. The van der Waals surface area contributed by atoms with Crippen LogP contribution >= 0.6 is 27.5 Å². The Labute approximate surface area is 167 Å². The van der Waals surface area contributed by atoms with Crippen LogP contribution in [0.15, 0.2) is 41.4 Å². The normalized spacial score (nSPS) is 11.0. The second-order valence-corrected chi connectivity index (χ2v) is 6.49. The van der Waals surface area contributed by atoms with E-state index in [1.165, 1.54) is 14.2 Å². The lowest BCUT2D eigenvalue weighted by Crippen LogP contribution is -2.04. The summed E-state index contributed by atoms with van der Waals surface area (Å²) in [6.45, 7) is 0. The molecule has 3 aromatic heterocycles. The smallest absolute Gasteiger partial charge is 0.278 e. The van der Waals surface area contributed by atoms with E-state index in [1.54, 1.807) is 29.1 Å². The number of nitrogens with zero attached hydrogens (tertiary/aromatic N) is 6. The summed E-state index contributed by atoms with van der Waals surface area (Å²) in [6, 6.07) is 7.20. The Hall–Kier alpha value is -2.78. The number of hydrogen-bond acceptors (Lipinski definition) is 7. The molecule has 0 aliphatic rings. The first kappa shape index (κ1) is 17.6. The van der Waals surface area contributed by atoms with Crippen LogP contribution in [-0.2, 0) is 0 Å². The largest absolute Gasteiger partial charge is 0.477 e. The topological polar surface area (TPSA) is 87.8 Å². The van der Waals surface area contributed by atoms with Crippen molar-refractivity contribution in [3.63, 3.8) is 0 Å². The van der Waals surface area contributed by atoms with Crippen molar-refractivity contribution in [3.8, 4) is 28.8 Å². The van der Waals surface area contributed by atoms with Gasteiger partial charge in [-0.2, -0.15) is 0 Å². The van der Waals surface area contributed by atoms with Crippen LogP contribution in [0.5, 0.6) is 11.8 Å². The van der Waals surface area contributed by atoms with Gasteiger partial charge in [-0.05, 0) is 40.2 Å². The van der Waals surface area contributed by atoms with Crippen LogP contribution in [0.1, 0.15) is 0 Å². The van der Waals surface area contributed by atoms with Crippen molar-refractivity contribution in [2.24, 2.45) is 0 Å². The predicted molar refractivity (Wildman–Crippen MR) is 103 cm³/mol. The Morgan fingerprint density at radius 1 is 1.04 bits per heavy atom. The molecule has 1 aromatic carbocycles. The lowest BCUT2D eigenvalue weighted by Gasteiger charge is -2.14. The van der Waals surface area contributed by atoms with Crippen LogP contribution in [0, 0.1) is 0 Å². The van der Waals surface area contributed by atoms with Crippen molar-refractivity contribution in [2.75, 3.05) is 14.2 Å². The molecular formula is C17H12BrClN6O2. The number of hydrogen-bond donors (Lipinski definition) is 0. The molecule has 8 nitrogen and oxygen atoms in total. The summed E-state index contributed by atoms with van der Waals surface area (Å²) >= 11 is 9.98. The van der Waals surface area contributed by atoms with Crippen LogP contribution < -0.4 is 9.47 Å². The third kappa shape index (κ3) is 2.98. The fraction of sp³-hybridized carbons (Fsp3) is 0.118. The van der Waals surface area contributed by atoms with Gasteiger partial charge >= 0.3 is 0 Å². The molecule has 0 aliphatic heterocycles. The van der Waals surface area contributed by atoms with E-state index in [0.29, 0.717) is 32.3 Å². The fourth-order valence-corrected chi connectivity index (χ4v) is 3.34. The van der Waals surface area contributed by atoms with Crippen molar-refractivity contribution in [1.82, 2.24) is 29.7 Å². The number of rotatable bonds is 4. The molecule has 0 amide bonds. The summed E-state index contributed by atoms with van der Waals surface area (Å²) in [6.07, 6.45) is 3.38. The van der Waals surface area contributed by atoms with Gasteiger partial charge in [0, 0.05) is 18.0 Å². The first-order valence-electron chi connectivity index (χ1n) is 7.74. The highest BCUT2D eigenvalue weighted by Gasteiger charge is 2.21. The van der Waals surface area contributed by atoms with Gasteiger partial charge in [-0.1, -0.05) is 11.6 Å². The molecule has 0 saturated carbocycles. The molecular weight excluding hydrogens is 436 g/mol. The molecule has 0 spiro atoms. The molecule has 3 heterocycles. The summed E-state index contributed by atoms with van der Waals surface area (Å²) in [5, 5.41) is 8.84. The summed E-state index contributed by atoms with van der Waals surface area (Å²) in [4.78, 5) is 13.2. The van der Waals surface area contributed by atoms with Crippen LogP contribution in [0.25, 0.3) is 28.1 Å². The molecule has 10 heteroatoms. The highest BCUT2D eigenvalue weighted by Crippen LogP contribution is 2.36. The maximum absolute atomic E-state index is 6.54. The zero-order valence-corrected chi connectivity index (χ0v) is 16.6. The van der Waals surface area contributed by atoms with Crippen molar-refractivity contribution < 1.29 is 9.47 Å². The van der Waals surface area contributed by atoms with Crippen LogP contribution in [-0.4, -0.2) is 43.9 Å². The van der Waals surface area contributed by atoms with Crippen LogP contribution in [0.4, 0.5) is 0 Å². The van der Waals surface area contributed by atoms with Gasteiger partial charge in [-0.3, -0.25) is 9.55 Å². The van der Waals surface area contributed by atoms with E-state index in [4.69, 9.17) is 21.1 Å². The molecule has 0 aliphatic carbocycles. The highest BCUT2D eigenvalue weighted by atomic mass is 79.9. The van der Waals surface area contributed by atoms with Crippen molar-refractivity contribution in [1.29, 1.82) is 0 Å². The summed E-state index contributed by atoms with van der Waals surface area (Å²) < 4.78 is 12.8. The second-order valence-electron chi connectivity index (χ2n) is 5.38. The number of methoxy groups -OCH3 is 2. The fourth-order valence-electron chi connectivity index (χ4n) is 2.68. The predicted octanol–water partition coefficient (Wildman–Crippen LogP) is 3.71. The summed E-state index contributed by atoms with van der Waals surface area (Å²) in [5.41, 5.74) is 2.45. The summed E-state index contributed by atoms with van der Waals surface area (Å²) in [7, 11) is 3.00. The number of benzene rings is 1. The lowest BCUT2D eigenvalue weighted by molar-refractivity contribution is 0.334. The quantitative estimate of drug-likeness (QED) is 0.471. The Kier molecular flexibility index (Phi) is 4.63. The number of halogens is 2. The van der Waals surface area contributed by atoms with E-state index >= 15 is 0 Å². The Balaban J connectivity index is 2.06. The van der Waals surface area contributed by atoms with Crippen LogP contribution in [0.3, 0.4) is 0 Å². The van der Waals surface area contributed by atoms with Gasteiger partial charge in [0.2, 0.25) is 4.73 Å². The molecule has 0 atom stereocenters. The molecule has 0 fully saturated rings.